The second kappa shape index (κ2) is 6.79. The summed E-state index contributed by atoms with van der Waals surface area (Å²) in [5.41, 5.74) is -1.03. The molecular formula is C12H13F2NO4. The topological polar surface area (TPSA) is 86.6 Å². The Morgan fingerprint density at radius 2 is 1.68 bits per heavy atom. The predicted molar refractivity (Wildman–Crippen MR) is 62.0 cm³/mol. The van der Waals surface area contributed by atoms with E-state index in [4.69, 9.17) is 10.2 Å². The van der Waals surface area contributed by atoms with Crippen molar-refractivity contribution in [2.24, 2.45) is 0 Å². The average molecular weight is 273 g/mol. The molecule has 0 aliphatic heterocycles. The van der Waals surface area contributed by atoms with E-state index in [1.807, 2.05) is 0 Å². The second-order valence-corrected chi connectivity index (χ2v) is 3.80. The zero-order chi connectivity index (χ0) is 14.4. The largest absolute Gasteiger partial charge is 0.478 e. The molecule has 1 aromatic carbocycles. The minimum absolute atomic E-state index is 0.0264. The van der Waals surface area contributed by atoms with Crippen LogP contribution < -0.4 is 5.32 Å². The van der Waals surface area contributed by atoms with Crippen molar-refractivity contribution in [1.29, 1.82) is 0 Å². The van der Waals surface area contributed by atoms with Crippen LogP contribution in [0.15, 0.2) is 12.1 Å². The van der Waals surface area contributed by atoms with Crippen LogP contribution in [0.1, 0.15) is 33.6 Å². The van der Waals surface area contributed by atoms with Gasteiger partial charge >= 0.3 is 5.97 Å². The van der Waals surface area contributed by atoms with Crippen molar-refractivity contribution in [2.45, 2.75) is 12.8 Å². The lowest BCUT2D eigenvalue weighted by Gasteiger charge is -2.08. The number of carboxylic acid groups (broad SMARTS) is 1. The molecule has 7 heteroatoms. The van der Waals surface area contributed by atoms with Crippen LogP contribution in [0.25, 0.3) is 0 Å². The highest BCUT2D eigenvalue weighted by atomic mass is 19.2. The Bertz CT molecular complexity index is 491. The molecule has 0 aliphatic carbocycles. The third kappa shape index (κ3) is 3.99. The fraction of sp³-hybridized carbons (Fsp3) is 0.333. The number of aliphatic hydroxyl groups is 1. The van der Waals surface area contributed by atoms with Crippen LogP contribution in [0.2, 0.25) is 0 Å². The van der Waals surface area contributed by atoms with Gasteiger partial charge in [-0.15, -0.1) is 0 Å². The number of amides is 1. The molecule has 5 nitrogen and oxygen atoms in total. The first kappa shape index (κ1) is 15.0. The van der Waals surface area contributed by atoms with E-state index in [1.165, 1.54) is 0 Å². The molecule has 0 bridgehead atoms. The van der Waals surface area contributed by atoms with Gasteiger partial charge < -0.3 is 15.5 Å². The standard InChI is InChI=1S/C12H13F2NO4/c13-9-5-7(8(12(18)19)6-10(9)14)11(17)15-3-1-2-4-16/h5-6,16H,1-4H2,(H,15,17)(H,18,19). The Labute approximate surface area is 107 Å². The summed E-state index contributed by atoms with van der Waals surface area (Å²) in [6.45, 7) is 0.179. The molecule has 0 unspecified atom stereocenters. The van der Waals surface area contributed by atoms with E-state index in [1.54, 1.807) is 0 Å². The van der Waals surface area contributed by atoms with E-state index < -0.39 is 34.6 Å². The molecule has 104 valence electrons. The van der Waals surface area contributed by atoms with Gasteiger partial charge in [0.15, 0.2) is 11.6 Å². The second-order valence-electron chi connectivity index (χ2n) is 3.80. The number of hydrogen-bond acceptors (Lipinski definition) is 3. The van der Waals surface area contributed by atoms with E-state index in [-0.39, 0.29) is 13.2 Å². The van der Waals surface area contributed by atoms with E-state index in [9.17, 15) is 18.4 Å². The SMILES string of the molecule is O=C(O)c1cc(F)c(F)cc1C(=O)NCCCCO. The lowest BCUT2D eigenvalue weighted by Crippen LogP contribution is -2.27. The number of aromatic carboxylic acids is 1. The fourth-order valence-electron chi connectivity index (χ4n) is 1.45. The number of hydrogen-bond donors (Lipinski definition) is 3. The molecule has 0 radical (unpaired) electrons. The number of halogens is 2. The Hall–Kier alpha value is -2.02. The van der Waals surface area contributed by atoms with Crippen molar-refractivity contribution in [2.75, 3.05) is 13.2 Å². The van der Waals surface area contributed by atoms with Crippen LogP contribution in [0.5, 0.6) is 0 Å². The van der Waals surface area contributed by atoms with Crippen molar-refractivity contribution >= 4 is 11.9 Å². The molecule has 0 fully saturated rings. The number of carbonyl (C=O) groups excluding carboxylic acids is 1. The van der Waals surface area contributed by atoms with Gasteiger partial charge in [-0.3, -0.25) is 4.79 Å². The normalized spacial score (nSPS) is 10.3. The Morgan fingerprint density at radius 1 is 1.11 bits per heavy atom. The van der Waals surface area contributed by atoms with E-state index in [0.29, 0.717) is 25.0 Å². The van der Waals surface area contributed by atoms with E-state index >= 15 is 0 Å². The summed E-state index contributed by atoms with van der Waals surface area (Å²) < 4.78 is 26.0. The van der Waals surface area contributed by atoms with Crippen LogP contribution >= 0.6 is 0 Å². The van der Waals surface area contributed by atoms with Gasteiger partial charge in [-0.1, -0.05) is 0 Å². The van der Waals surface area contributed by atoms with Crippen molar-refractivity contribution in [1.82, 2.24) is 5.32 Å². The maximum Gasteiger partial charge on any atom is 0.336 e. The Kier molecular flexibility index (Phi) is 5.37. The smallest absolute Gasteiger partial charge is 0.336 e. The number of aliphatic hydroxyl groups excluding tert-OH is 1. The predicted octanol–water partition coefficient (Wildman–Crippen LogP) is 1.17. The van der Waals surface area contributed by atoms with Gasteiger partial charge in [0.05, 0.1) is 11.1 Å². The molecule has 1 rings (SSSR count). The average Bonchev–Trinajstić information content (AvgIpc) is 2.36. The van der Waals surface area contributed by atoms with Crippen molar-refractivity contribution < 1.29 is 28.6 Å². The molecule has 0 spiro atoms. The van der Waals surface area contributed by atoms with E-state index in [0.717, 1.165) is 0 Å². The molecule has 1 aromatic rings. The molecule has 1 amide bonds. The number of benzene rings is 1. The molecule has 0 saturated carbocycles. The summed E-state index contributed by atoms with van der Waals surface area (Å²) in [5.74, 6) is -4.92. The summed E-state index contributed by atoms with van der Waals surface area (Å²) in [4.78, 5) is 22.5. The first-order valence-electron chi connectivity index (χ1n) is 5.58. The summed E-state index contributed by atoms with van der Waals surface area (Å²) in [6, 6.07) is 1.03. The van der Waals surface area contributed by atoms with Gasteiger partial charge in [-0.25, -0.2) is 13.6 Å². The summed E-state index contributed by atoms with van der Waals surface area (Å²) in [7, 11) is 0. The van der Waals surface area contributed by atoms with Crippen LogP contribution in [-0.2, 0) is 0 Å². The van der Waals surface area contributed by atoms with Crippen LogP contribution in [0.4, 0.5) is 8.78 Å². The molecule has 0 aliphatic rings. The highest BCUT2D eigenvalue weighted by Gasteiger charge is 2.20. The highest BCUT2D eigenvalue weighted by Crippen LogP contribution is 2.15. The molecule has 3 N–H and O–H groups in total. The third-order valence-electron chi connectivity index (χ3n) is 2.41. The van der Waals surface area contributed by atoms with Crippen LogP contribution in [-0.4, -0.2) is 35.2 Å². The van der Waals surface area contributed by atoms with Crippen LogP contribution in [0.3, 0.4) is 0 Å². The summed E-state index contributed by atoms with van der Waals surface area (Å²) in [5, 5.41) is 19.8. The first-order valence-corrected chi connectivity index (χ1v) is 5.58. The maximum atomic E-state index is 13.0. The molecule has 19 heavy (non-hydrogen) atoms. The Morgan fingerprint density at radius 3 is 2.21 bits per heavy atom. The maximum absolute atomic E-state index is 13.0. The van der Waals surface area contributed by atoms with Crippen molar-refractivity contribution in [3.05, 3.63) is 34.9 Å². The number of carboxylic acids is 1. The third-order valence-corrected chi connectivity index (χ3v) is 2.41. The first-order chi connectivity index (χ1) is 8.97. The fourth-order valence-corrected chi connectivity index (χ4v) is 1.45. The van der Waals surface area contributed by atoms with Gasteiger partial charge in [0.25, 0.3) is 5.91 Å². The summed E-state index contributed by atoms with van der Waals surface area (Å²) in [6.07, 6.45) is 0.970. The Balaban J connectivity index is 2.89. The highest BCUT2D eigenvalue weighted by molar-refractivity contribution is 6.04. The quantitative estimate of drug-likeness (QED) is 0.679. The summed E-state index contributed by atoms with van der Waals surface area (Å²) >= 11 is 0. The lowest BCUT2D eigenvalue weighted by atomic mass is 10.1. The lowest BCUT2D eigenvalue weighted by molar-refractivity contribution is 0.0690. The molecule has 0 saturated heterocycles. The zero-order valence-corrected chi connectivity index (χ0v) is 9.95. The van der Waals surface area contributed by atoms with Crippen LogP contribution in [0, 0.1) is 11.6 Å². The molecular weight excluding hydrogens is 260 g/mol. The molecule has 0 atom stereocenters. The minimum Gasteiger partial charge on any atom is -0.478 e. The molecule has 0 heterocycles. The minimum atomic E-state index is -1.51. The molecule has 0 aromatic heterocycles. The van der Waals surface area contributed by atoms with Gasteiger partial charge in [0, 0.05) is 13.2 Å². The van der Waals surface area contributed by atoms with E-state index in [2.05, 4.69) is 5.32 Å². The number of rotatable bonds is 6. The monoisotopic (exact) mass is 273 g/mol. The van der Waals surface area contributed by atoms with Crippen molar-refractivity contribution in [3.63, 3.8) is 0 Å². The number of nitrogens with one attached hydrogen (secondary N) is 1. The zero-order valence-electron chi connectivity index (χ0n) is 9.95. The van der Waals surface area contributed by atoms with Crippen molar-refractivity contribution in [3.8, 4) is 0 Å². The van der Waals surface area contributed by atoms with Gasteiger partial charge in [0.1, 0.15) is 0 Å². The number of unbranched alkanes of at least 4 members (excludes halogenated alkanes) is 1. The van der Waals surface area contributed by atoms with Gasteiger partial charge in [-0.05, 0) is 25.0 Å². The van der Waals surface area contributed by atoms with Gasteiger partial charge in [0.2, 0.25) is 0 Å². The van der Waals surface area contributed by atoms with Gasteiger partial charge in [-0.2, -0.15) is 0 Å². The number of carbonyl (C=O) groups is 2.